The van der Waals surface area contributed by atoms with Gasteiger partial charge in [-0.25, -0.2) is 0 Å². The van der Waals surface area contributed by atoms with Crippen LogP contribution in [0.25, 0.3) is 11.3 Å². The minimum Gasteiger partial charge on any atom is -0.366 e. The van der Waals surface area contributed by atoms with Gasteiger partial charge in [0.1, 0.15) is 5.82 Å². The molecule has 1 heterocycles. The van der Waals surface area contributed by atoms with Gasteiger partial charge in [-0.2, -0.15) is 0 Å². The maximum atomic E-state index is 11.3. The lowest BCUT2D eigenvalue weighted by Gasteiger charge is -2.06. The highest BCUT2D eigenvalue weighted by Gasteiger charge is 2.38. The van der Waals surface area contributed by atoms with Gasteiger partial charge in [0.2, 0.25) is 5.91 Å². The third-order valence-corrected chi connectivity index (χ3v) is 4.46. The Labute approximate surface area is 145 Å². The van der Waals surface area contributed by atoms with Crippen molar-refractivity contribution in [2.75, 3.05) is 5.32 Å². The molecule has 1 aliphatic rings. The predicted molar refractivity (Wildman–Crippen MR) is 97.2 cm³/mol. The molecule has 1 aromatic heterocycles. The van der Waals surface area contributed by atoms with Crippen LogP contribution in [0.5, 0.6) is 0 Å². The average molecular weight is 330 g/mol. The van der Waals surface area contributed by atoms with E-state index in [1.165, 1.54) is 5.56 Å². The van der Waals surface area contributed by atoms with Gasteiger partial charge in [0.25, 0.3) is 0 Å². The molecule has 3 N–H and O–H groups in total. The normalized spacial score (nSPS) is 18.6. The monoisotopic (exact) mass is 330 g/mol. The molecule has 2 atom stereocenters. The average Bonchev–Trinajstić information content (AvgIpc) is 3.42. The lowest BCUT2D eigenvalue weighted by molar-refractivity contribution is 0.100. The van der Waals surface area contributed by atoms with E-state index in [1.807, 2.05) is 24.3 Å². The number of aromatic nitrogens is 2. The van der Waals surface area contributed by atoms with Crippen LogP contribution in [-0.4, -0.2) is 22.1 Å². The van der Waals surface area contributed by atoms with Gasteiger partial charge >= 0.3 is 0 Å². The van der Waals surface area contributed by atoms with Crippen molar-refractivity contribution in [1.29, 1.82) is 0 Å². The minimum atomic E-state index is -0.450. The molecule has 5 heteroatoms. The van der Waals surface area contributed by atoms with Crippen molar-refractivity contribution in [3.63, 3.8) is 0 Å². The predicted octanol–water partition coefficient (Wildman–Crippen LogP) is 3.21. The molecule has 0 spiro atoms. The van der Waals surface area contributed by atoms with Crippen LogP contribution in [0, 0.1) is 0 Å². The van der Waals surface area contributed by atoms with E-state index in [9.17, 15) is 4.79 Å². The zero-order valence-electron chi connectivity index (χ0n) is 13.6. The molecule has 1 fully saturated rings. The Hall–Kier alpha value is -3.21. The Morgan fingerprint density at radius 2 is 1.84 bits per heavy atom. The van der Waals surface area contributed by atoms with E-state index >= 15 is 0 Å². The van der Waals surface area contributed by atoms with Crippen LogP contribution in [0.2, 0.25) is 0 Å². The Balaban J connectivity index is 1.45. The molecule has 0 saturated heterocycles. The zero-order valence-corrected chi connectivity index (χ0v) is 13.6. The third-order valence-electron chi connectivity index (χ3n) is 4.46. The smallest absolute Gasteiger partial charge is 0.248 e. The summed E-state index contributed by atoms with van der Waals surface area (Å²) in [4.78, 5) is 11.3. The van der Waals surface area contributed by atoms with Crippen LogP contribution in [-0.2, 0) is 0 Å². The SMILES string of the molecule is NC(=O)c1cccc(-c2ccc(NC3CC3c3ccccc3)nn2)c1. The lowest BCUT2D eigenvalue weighted by Crippen LogP contribution is -2.10. The summed E-state index contributed by atoms with van der Waals surface area (Å²) in [7, 11) is 0. The minimum absolute atomic E-state index is 0.403. The second-order valence-corrected chi connectivity index (χ2v) is 6.25. The molecule has 2 unspecified atom stereocenters. The molecular weight excluding hydrogens is 312 g/mol. The summed E-state index contributed by atoms with van der Waals surface area (Å²) in [6.45, 7) is 0. The van der Waals surface area contributed by atoms with Gasteiger partial charge in [-0.15, -0.1) is 10.2 Å². The van der Waals surface area contributed by atoms with Gasteiger partial charge in [0, 0.05) is 23.1 Å². The van der Waals surface area contributed by atoms with Gasteiger partial charge in [-0.3, -0.25) is 4.79 Å². The van der Waals surface area contributed by atoms with E-state index in [4.69, 9.17) is 5.73 Å². The molecule has 2 aromatic carbocycles. The molecule has 0 bridgehead atoms. The van der Waals surface area contributed by atoms with E-state index in [0.717, 1.165) is 17.8 Å². The maximum absolute atomic E-state index is 11.3. The van der Waals surface area contributed by atoms with E-state index < -0.39 is 5.91 Å². The van der Waals surface area contributed by atoms with Gasteiger partial charge in [0.15, 0.2) is 0 Å². The number of rotatable bonds is 5. The van der Waals surface area contributed by atoms with Crippen molar-refractivity contribution < 1.29 is 4.79 Å². The number of carbonyl (C=O) groups excluding carboxylic acids is 1. The highest BCUT2D eigenvalue weighted by molar-refractivity contribution is 5.93. The molecule has 0 radical (unpaired) electrons. The molecule has 0 aliphatic heterocycles. The fraction of sp³-hybridized carbons (Fsp3) is 0.150. The van der Waals surface area contributed by atoms with Gasteiger partial charge < -0.3 is 11.1 Å². The Morgan fingerprint density at radius 3 is 2.56 bits per heavy atom. The molecule has 4 rings (SSSR count). The van der Waals surface area contributed by atoms with E-state index in [1.54, 1.807) is 18.2 Å². The Morgan fingerprint density at radius 1 is 1.00 bits per heavy atom. The van der Waals surface area contributed by atoms with E-state index in [2.05, 4.69) is 39.8 Å². The molecule has 5 nitrogen and oxygen atoms in total. The summed E-state index contributed by atoms with van der Waals surface area (Å²) in [6, 6.07) is 21.8. The number of nitrogens with zero attached hydrogens (tertiary/aromatic N) is 2. The molecular formula is C20H18N4O. The van der Waals surface area contributed by atoms with Gasteiger partial charge in [-0.1, -0.05) is 42.5 Å². The number of nitrogens with one attached hydrogen (secondary N) is 1. The summed E-state index contributed by atoms with van der Waals surface area (Å²) < 4.78 is 0. The number of anilines is 1. The second-order valence-electron chi connectivity index (χ2n) is 6.25. The Kier molecular flexibility index (Phi) is 3.90. The van der Waals surface area contributed by atoms with E-state index in [-0.39, 0.29) is 0 Å². The quantitative estimate of drug-likeness (QED) is 0.753. The number of amides is 1. The van der Waals surface area contributed by atoms with Crippen molar-refractivity contribution in [1.82, 2.24) is 10.2 Å². The number of primary amides is 1. The largest absolute Gasteiger partial charge is 0.366 e. The van der Waals surface area contributed by atoms with Crippen LogP contribution >= 0.6 is 0 Å². The van der Waals surface area contributed by atoms with Crippen LogP contribution < -0.4 is 11.1 Å². The highest BCUT2D eigenvalue weighted by atomic mass is 16.1. The summed E-state index contributed by atoms with van der Waals surface area (Å²) >= 11 is 0. The topological polar surface area (TPSA) is 80.9 Å². The fourth-order valence-electron chi connectivity index (χ4n) is 3.01. The van der Waals surface area contributed by atoms with Gasteiger partial charge in [-0.05, 0) is 36.2 Å². The van der Waals surface area contributed by atoms with Crippen LogP contribution in [0.4, 0.5) is 5.82 Å². The fourth-order valence-corrected chi connectivity index (χ4v) is 3.01. The number of hydrogen-bond acceptors (Lipinski definition) is 4. The molecule has 3 aromatic rings. The summed E-state index contributed by atoms with van der Waals surface area (Å²) in [5.41, 5.74) is 8.68. The summed E-state index contributed by atoms with van der Waals surface area (Å²) in [5.74, 6) is 0.849. The van der Waals surface area contributed by atoms with Crippen LogP contribution in [0.15, 0.2) is 66.7 Å². The highest BCUT2D eigenvalue weighted by Crippen LogP contribution is 2.42. The summed E-state index contributed by atoms with van der Waals surface area (Å²) in [6.07, 6.45) is 1.11. The molecule has 1 aliphatic carbocycles. The van der Waals surface area contributed by atoms with Crippen molar-refractivity contribution in [3.8, 4) is 11.3 Å². The van der Waals surface area contributed by atoms with E-state index in [0.29, 0.717) is 23.2 Å². The number of benzene rings is 2. The maximum Gasteiger partial charge on any atom is 0.248 e. The van der Waals surface area contributed by atoms with Crippen molar-refractivity contribution in [2.45, 2.75) is 18.4 Å². The summed E-state index contributed by atoms with van der Waals surface area (Å²) in [5, 5.41) is 11.9. The molecule has 1 amide bonds. The third kappa shape index (κ3) is 3.35. The lowest BCUT2D eigenvalue weighted by atomic mass is 10.1. The van der Waals surface area contributed by atoms with Crippen molar-refractivity contribution in [2.24, 2.45) is 5.73 Å². The second kappa shape index (κ2) is 6.36. The zero-order chi connectivity index (χ0) is 17.2. The van der Waals surface area contributed by atoms with Crippen molar-refractivity contribution in [3.05, 3.63) is 77.9 Å². The first-order valence-electron chi connectivity index (χ1n) is 8.26. The number of nitrogens with two attached hydrogens (primary N) is 1. The Bertz CT molecular complexity index is 893. The van der Waals surface area contributed by atoms with Crippen LogP contribution in [0.3, 0.4) is 0 Å². The number of hydrogen-bond donors (Lipinski definition) is 2. The first-order valence-corrected chi connectivity index (χ1v) is 8.26. The molecule has 124 valence electrons. The van der Waals surface area contributed by atoms with Crippen LogP contribution in [0.1, 0.15) is 28.3 Å². The first-order chi connectivity index (χ1) is 12.2. The number of carbonyl (C=O) groups is 1. The molecule has 1 saturated carbocycles. The van der Waals surface area contributed by atoms with Gasteiger partial charge in [0.05, 0.1) is 5.69 Å². The van der Waals surface area contributed by atoms with Crippen molar-refractivity contribution >= 4 is 11.7 Å². The standard InChI is InChI=1S/C20H18N4O/c21-20(25)15-8-4-7-14(11-15)17-9-10-19(24-23-17)22-18-12-16(18)13-5-2-1-3-6-13/h1-11,16,18H,12H2,(H2,21,25)(H,22,24). The molecule has 25 heavy (non-hydrogen) atoms. The first kappa shape index (κ1) is 15.3.